The standard InChI is InChI=1S/C9H13FN2O2/c10-8-2-1-3-11-9(8)12(4-6-13)5-7-14/h1-3,13-14H,4-7H2. The molecule has 0 aromatic carbocycles. The largest absolute Gasteiger partial charge is 0.395 e. The number of pyridine rings is 1. The molecule has 0 aliphatic rings. The Morgan fingerprint density at radius 1 is 1.29 bits per heavy atom. The van der Waals surface area contributed by atoms with Crippen molar-refractivity contribution in [2.75, 3.05) is 31.2 Å². The molecule has 1 aromatic heterocycles. The maximum Gasteiger partial charge on any atom is 0.165 e. The van der Waals surface area contributed by atoms with Crippen LogP contribution in [0.15, 0.2) is 18.3 Å². The summed E-state index contributed by atoms with van der Waals surface area (Å²) in [4.78, 5) is 5.34. The van der Waals surface area contributed by atoms with Crippen molar-refractivity contribution in [1.82, 2.24) is 4.98 Å². The molecule has 1 rings (SSSR count). The van der Waals surface area contributed by atoms with Crippen LogP contribution in [0.4, 0.5) is 10.2 Å². The van der Waals surface area contributed by atoms with Crippen molar-refractivity contribution < 1.29 is 14.6 Å². The molecule has 0 amide bonds. The minimum absolute atomic E-state index is 0.101. The van der Waals surface area contributed by atoms with Gasteiger partial charge < -0.3 is 15.1 Å². The zero-order valence-corrected chi connectivity index (χ0v) is 7.73. The van der Waals surface area contributed by atoms with E-state index >= 15 is 0 Å². The van der Waals surface area contributed by atoms with Crippen LogP contribution >= 0.6 is 0 Å². The fraction of sp³-hybridized carbons (Fsp3) is 0.444. The number of halogens is 1. The van der Waals surface area contributed by atoms with Crippen LogP contribution in [0.3, 0.4) is 0 Å². The van der Waals surface area contributed by atoms with Gasteiger partial charge in [0.1, 0.15) is 0 Å². The Morgan fingerprint density at radius 3 is 2.43 bits per heavy atom. The number of anilines is 1. The molecular weight excluding hydrogens is 187 g/mol. The molecule has 2 N–H and O–H groups in total. The Morgan fingerprint density at radius 2 is 1.93 bits per heavy atom. The van der Waals surface area contributed by atoms with Crippen molar-refractivity contribution in [1.29, 1.82) is 0 Å². The number of aliphatic hydroxyl groups is 2. The summed E-state index contributed by atoms with van der Waals surface area (Å²) < 4.78 is 13.2. The second-order valence-electron chi connectivity index (χ2n) is 2.74. The van der Waals surface area contributed by atoms with Gasteiger partial charge in [0.2, 0.25) is 0 Å². The minimum atomic E-state index is -0.450. The first kappa shape index (κ1) is 10.9. The number of aromatic nitrogens is 1. The van der Waals surface area contributed by atoms with Crippen LogP contribution in [0.25, 0.3) is 0 Å². The average molecular weight is 200 g/mol. The van der Waals surface area contributed by atoms with E-state index in [1.165, 1.54) is 23.2 Å². The number of rotatable bonds is 5. The second-order valence-corrected chi connectivity index (χ2v) is 2.74. The zero-order valence-electron chi connectivity index (χ0n) is 7.73. The number of hydrogen-bond donors (Lipinski definition) is 2. The highest BCUT2D eigenvalue weighted by Crippen LogP contribution is 2.13. The van der Waals surface area contributed by atoms with Gasteiger partial charge in [-0.15, -0.1) is 0 Å². The molecule has 0 aliphatic carbocycles. The van der Waals surface area contributed by atoms with Crippen LogP contribution in [-0.4, -0.2) is 41.5 Å². The van der Waals surface area contributed by atoms with Gasteiger partial charge >= 0.3 is 0 Å². The molecule has 0 bridgehead atoms. The molecule has 0 fully saturated rings. The summed E-state index contributed by atoms with van der Waals surface area (Å²) in [5, 5.41) is 17.5. The van der Waals surface area contributed by atoms with Gasteiger partial charge in [-0.2, -0.15) is 0 Å². The molecule has 5 heteroatoms. The van der Waals surface area contributed by atoms with Crippen LogP contribution in [-0.2, 0) is 0 Å². The Labute approximate surface area is 81.6 Å². The summed E-state index contributed by atoms with van der Waals surface area (Å²) in [5.41, 5.74) is 0. The predicted octanol–water partition coefficient (Wildman–Crippen LogP) is 0.0117. The third-order valence-electron chi connectivity index (χ3n) is 1.78. The lowest BCUT2D eigenvalue weighted by atomic mass is 10.4. The average Bonchev–Trinajstić information content (AvgIpc) is 2.18. The maximum absolute atomic E-state index is 13.2. The summed E-state index contributed by atoms with van der Waals surface area (Å²) in [6.07, 6.45) is 1.47. The van der Waals surface area contributed by atoms with E-state index in [1.54, 1.807) is 0 Å². The van der Waals surface area contributed by atoms with Gasteiger partial charge in [-0.25, -0.2) is 9.37 Å². The van der Waals surface area contributed by atoms with Crippen molar-refractivity contribution >= 4 is 5.82 Å². The molecule has 0 spiro atoms. The Hall–Kier alpha value is -1.20. The monoisotopic (exact) mass is 200 g/mol. The van der Waals surface area contributed by atoms with Crippen molar-refractivity contribution in [3.63, 3.8) is 0 Å². The topological polar surface area (TPSA) is 56.6 Å². The highest BCUT2D eigenvalue weighted by atomic mass is 19.1. The molecule has 0 saturated heterocycles. The third kappa shape index (κ3) is 2.65. The lowest BCUT2D eigenvalue weighted by Crippen LogP contribution is -2.31. The Balaban J connectivity index is 2.81. The van der Waals surface area contributed by atoms with Gasteiger partial charge in [0.05, 0.1) is 13.2 Å². The molecule has 0 unspecified atom stereocenters. The first-order valence-corrected chi connectivity index (χ1v) is 4.36. The van der Waals surface area contributed by atoms with Crippen LogP contribution in [0.5, 0.6) is 0 Å². The lowest BCUT2D eigenvalue weighted by Gasteiger charge is -2.21. The molecule has 78 valence electrons. The van der Waals surface area contributed by atoms with Crippen molar-refractivity contribution in [3.05, 3.63) is 24.1 Å². The minimum Gasteiger partial charge on any atom is -0.395 e. The molecule has 0 radical (unpaired) electrons. The van der Waals surface area contributed by atoms with Crippen molar-refractivity contribution in [2.24, 2.45) is 0 Å². The molecule has 0 saturated carbocycles. The summed E-state index contributed by atoms with van der Waals surface area (Å²) in [7, 11) is 0. The molecular formula is C9H13FN2O2. The summed E-state index contributed by atoms with van der Waals surface area (Å²) in [6, 6.07) is 2.79. The van der Waals surface area contributed by atoms with E-state index in [1.807, 2.05) is 0 Å². The molecule has 4 nitrogen and oxygen atoms in total. The number of hydrogen-bond acceptors (Lipinski definition) is 4. The number of aliphatic hydroxyl groups excluding tert-OH is 2. The van der Waals surface area contributed by atoms with Gasteiger partial charge in [-0.1, -0.05) is 0 Å². The highest BCUT2D eigenvalue weighted by molar-refractivity contribution is 5.39. The fourth-order valence-electron chi connectivity index (χ4n) is 1.18. The van der Waals surface area contributed by atoms with Crippen molar-refractivity contribution in [2.45, 2.75) is 0 Å². The first-order chi connectivity index (χ1) is 6.79. The van der Waals surface area contributed by atoms with Crippen molar-refractivity contribution in [3.8, 4) is 0 Å². The normalized spacial score (nSPS) is 10.2. The van der Waals surface area contributed by atoms with Crippen LogP contribution < -0.4 is 4.90 Å². The van der Waals surface area contributed by atoms with Gasteiger partial charge in [0, 0.05) is 19.3 Å². The van der Waals surface area contributed by atoms with E-state index in [0.717, 1.165) is 0 Å². The van der Waals surface area contributed by atoms with E-state index in [2.05, 4.69) is 4.98 Å². The number of nitrogens with zero attached hydrogens (tertiary/aromatic N) is 2. The second kappa shape index (κ2) is 5.51. The first-order valence-electron chi connectivity index (χ1n) is 4.36. The fourth-order valence-corrected chi connectivity index (χ4v) is 1.18. The van der Waals surface area contributed by atoms with Gasteiger partial charge in [0.15, 0.2) is 11.6 Å². The molecule has 1 heterocycles. The molecule has 0 atom stereocenters. The third-order valence-corrected chi connectivity index (χ3v) is 1.78. The van der Waals surface area contributed by atoms with Gasteiger partial charge in [-0.3, -0.25) is 0 Å². The zero-order chi connectivity index (χ0) is 10.4. The van der Waals surface area contributed by atoms with E-state index in [4.69, 9.17) is 10.2 Å². The van der Waals surface area contributed by atoms with Gasteiger partial charge in [-0.05, 0) is 12.1 Å². The van der Waals surface area contributed by atoms with Crippen LogP contribution in [0.2, 0.25) is 0 Å². The maximum atomic E-state index is 13.2. The van der Waals surface area contributed by atoms with E-state index in [9.17, 15) is 4.39 Å². The highest BCUT2D eigenvalue weighted by Gasteiger charge is 2.10. The molecule has 0 aliphatic heterocycles. The smallest absolute Gasteiger partial charge is 0.165 e. The predicted molar refractivity (Wildman–Crippen MR) is 50.6 cm³/mol. The molecule has 1 aromatic rings. The Kier molecular flexibility index (Phi) is 4.28. The van der Waals surface area contributed by atoms with Gasteiger partial charge in [0.25, 0.3) is 0 Å². The quantitative estimate of drug-likeness (QED) is 0.703. The Bertz CT molecular complexity index is 277. The SMILES string of the molecule is OCCN(CCO)c1ncccc1F. The molecule has 14 heavy (non-hydrogen) atoms. The lowest BCUT2D eigenvalue weighted by molar-refractivity contribution is 0.280. The van der Waals surface area contributed by atoms with E-state index < -0.39 is 5.82 Å². The van der Waals surface area contributed by atoms with Crippen LogP contribution in [0.1, 0.15) is 0 Å². The van der Waals surface area contributed by atoms with E-state index in [-0.39, 0.29) is 32.1 Å². The summed E-state index contributed by atoms with van der Waals surface area (Å²) >= 11 is 0. The van der Waals surface area contributed by atoms with Crippen LogP contribution in [0, 0.1) is 5.82 Å². The summed E-state index contributed by atoms with van der Waals surface area (Å²) in [5.74, 6) is -0.287. The summed E-state index contributed by atoms with van der Waals surface area (Å²) in [6.45, 7) is 0.314. The van der Waals surface area contributed by atoms with E-state index in [0.29, 0.717) is 0 Å².